The summed E-state index contributed by atoms with van der Waals surface area (Å²) in [6.45, 7) is 11.7. The highest BCUT2D eigenvalue weighted by molar-refractivity contribution is 6.31. The Morgan fingerprint density at radius 3 is 2.24 bits per heavy atom. The van der Waals surface area contributed by atoms with Gasteiger partial charge in [-0.25, -0.2) is 0 Å². The van der Waals surface area contributed by atoms with E-state index in [-0.39, 0.29) is 6.04 Å². The van der Waals surface area contributed by atoms with Crippen LogP contribution in [-0.2, 0) is 0 Å². The number of nitrogens with one attached hydrogen (secondary N) is 1. The maximum Gasteiger partial charge on any atom is 0.0584 e. The molecule has 0 aliphatic heterocycles. The van der Waals surface area contributed by atoms with Crippen LogP contribution in [0.3, 0.4) is 0 Å². The van der Waals surface area contributed by atoms with E-state index in [4.69, 9.17) is 11.6 Å². The van der Waals surface area contributed by atoms with Gasteiger partial charge in [-0.2, -0.15) is 0 Å². The third kappa shape index (κ3) is 3.30. The lowest BCUT2D eigenvalue weighted by Crippen LogP contribution is -2.24. The monoisotopic (exact) mass is 301 g/mol. The quantitative estimate of drug-likeness (QED) is 0.811. The summed E-state index contributed by atoms with van der Waals surface area (Å²) in [5.74, 6) is 0. The smallest absolute Gasteiger partial charge is 0.0584 e. The van der Waals surface area contributed by atoms with Gasteiger partial charge in [-0.1, -0.05) is 48.4 Å². The molecule has 0 aliphatic rings. The molecule has 21 heavy (non-hydrogen) atoms. The summed E-state index contributed by atoms with van der Waals surface area (Å²) in [5, 5.41) is 4.46. The summed E-state index contributed by atoms with van der Waals surface area (Å²) in [5.41, 5.74) is 7.76. The highest BCUT2D eigenvalue weighted by atomic mass is 35.5. The third-order valence-electron chi connectivity index (χ3n) is 4.06. The van der Waals surface area contributed by atoms with E-state index in [1.807, 2.05) is 12.1 Å². The normalized spacial score (nSPS) is 12.5. The lowest BCUT2D eigenvalue weighted by atomic mass is 9.88. The van der Waals surface area contributed by atoms with E-state index in [1.54, 1.807) is 0 Å². The van der Waals surface area contributed by atoms with Crippen molar-refractivity contribution in [3.05, 3.63) is 68.7 Å². The van der Waals surface area contributed by atoms with E-state index in [0.717, 1.165) is 17.1 Å². The van der Waals surface area contributed by atoms with E-state index >= 15 is 0 Å². The standard InChI is InChI=1S/C19H24ClN/c1-6-21-19(16-8-7-9-17(20)15(16)5)18-13(3)10-12(2)11-14(18)4/h7-11,19,21H,6H2,1-5H3. The van der Waals surface area contributed by atoms with Crippen molar-refractivity contribution in [1.29, 1.82) is 0 Å². The Bertz CT molecular complexity index is 623. The first-order valence-electron chi connectivity index (χ1n) is 7.51. The first-order valence-corrected chi connectivity index (χ1v) is 7.89. The fraction of sp³-hybridized carbons (Fsp3) is 0.368. The Hall–Kier alpha value is -1.31. The highest BCUT2D eigenvalue weighted by Gasteiger charge is 2.20. The molecule has 2 heteroatoms. The minimum atomic E-state index is 0.189. The van der Waals surface area contributed by atoms with Crippen molar-refractivity contribution < 1.29 is 0 Å². The molecule has 0 heterocycles. The molecule has 112 valence electrons. The maximum absolute atomic E-state index is 6.32. The van der Waals surface area contributed by atoms with E-state index < -0.39 is 0 Å². The SMILES string of the molecule is CCNC(c1cccc(Cl)c1C)c1c(C)cc(C)cc1C. The molecule has 0 amide bonds. The van der Waals surface area contributed by atoms with Crippen LogP contribution in [0.2, 0.25) is 5.02 Å². The van der Waals surface area contributed by atoms with Gasteiger partial charge in [0, 0.05) is 5.02 Å². The van der Waals surface area contributed by atoms with Crippen LogP contribution in [-0.4, -0.2) is 6.54 Å². The van der Waals surface area contributed by atoms with E-state index in [9.17, 15) is 0 Å². The van der Waals surface area contributed by atoms with Crippen molar-refractivity contribution in [2.24, 2.45) is 0 Å². The second-order valence-corrected chi connectivity index (χ2v) is 6.16. The Morgan fingerprint density at radius 1 is 1.05 bits per heavy atom. The molecule has 1 atom stereocenters. The molecule has 0 spiro atoms. The van der Waals surface area contributed by atoms with E-state index in [1.165, 1.54) is 27.8 Å². The summed E-state index contributed by atoms with van der Waals surface area (Å²) in [4.78, 5) is 0. The largest absolute Gasteiger partial charge is 0.307 e. The van der Waals surface area contributed by atoms with Crippen LogP contribution in [0.5, 0.6) is 0 Å². The molecular weight excluding hydrogens is 278 g/mol. The highest BCUT2D eigenvalue weighted by Crippen LogP contribution is 2.32. The van der Waals surface area contributed by atoms with Gasteiger partial charge in [-0.3, -0.25) is 0 Å². The van der Waals surface area contributed by atoms with Gasteiger partial charge < -0.3 is 5.32 Å². The average Bonchev–Trinajstić information content (AvgIpc) is 2.40. The van der Waals surface area contributed by atoms with Crippen LogP contribution in [0.1, 0.15) is 46.3 Å². The molecule has 1 N–H and O–H groups in total. The van der Waals surface area contributed by atoms with Gasteiger partial charge in [0.15, 0.2) is 0 Å². The fourth-order valence-corrected chi connectivity index (χ4v) is 3.34. The van der Waals surface area contributed by atoms with E-state index in [2.05, 4.69) is 58.1 Å². The zero-order valence-electron chi connectivity index (χ0n) is 13.5. The molecule has 2 aromatic carbocycles. The second kappa shape index (κ2) is 6.64. The van der Waals surface area contributed by atoms with Gasteiger partial charge in [-0.05, 0) is 68.1 Å². The number of aryl methyl sites for hydroxylation is 3. The number of benzene rings is 2. The Labute approximate surface area is 133 Å². The van der Waals surface area contributed by atoms with E-state index in [0.29, 0.717) is 0 Å². The van der Waals surface area contributed by atoms with Gasteiger partial charge in [0.1, 0.15) is 0 Å². The van der Waals surface area contributed by atoms with Crippen LogP contribution in [0, 0.1) is 27.7 Å². The van der Waals surface area contributed by atoms with Crippen molar-refractivity contribution in [3.63, 3.8) is 0 Å². The Balaban J connectivity index is 2.62. The van der Waals surface area contributed by atoms with Crippen LogP contribution in [0.25, 0.3) is 0 Å². The van der Waals surface area contributed by atoms with Gasteiger partial charge in [0.05, 0.1) is 6.04 Å². The van der Waals surface area contributed by atoms with Crippen molar-refractivity contribution in [3.8, 4) is 0 Å². The first kappa shape index (κ1) is 16.1. The van der Waals surface area contributed by atoms with Gasteiger partial charge in [0.25, 0.3) is 0 Å². The predicted octanol–water partition coefficient (Wildman–Crippen LogP) is 5.27. The summed E-state index contributed by atoms with van der Waals surface area (Å²) in [7, 11) is 0. The summed E-state index contributed by atoms with van der Waals surface area (Å²) < 4.78 is 0. The first-order chi connectivity index (χ1) is 9.95. The van der Waals surface area contributed by atoms with Crippen LogP contribution >= 0.6 is 11.6 Å². The Morgan fingerprint density at radius 2 is 1.67 bits per heavy atom. The van der Waals surface area contributed by atoms with Gasteiger partial charge in [0.2, 0.25) is 0 Å². The zero-order chi connectivity index (χ0) is 15.6. The molecule has 2 aromatic rings. The number of halogens is 1. The number of hydrogen-bond acceptors (Lipinski definition) is 1. The molecule has 1 unspecified atom stereocenters. The molecule has 0 saturated carbocycles. The van der Waals surface area contributed by atoms with Crippen LogP contribution in [0.4, 0.5) is 0 Å². The zero-order valence-corrected chi connectivity index (χ0v) is 14.3. The molecule has 1 nitrogen and oxygen atoms in total. The van der Waals surface area contributed by atoms with Gasteiger partial charge >= 0.3 is 0 Å². The lowest BCUT2D eigenvalue weighted by Gasteiger charge is -2.25. The molecule has 0 aromatic heterocycles. The predicted molar refractivity (Wildman–Crippen MR) is 92.4 cm³/mol. The Kier molecular flexibility index (Phi) is 5.08. The van der Waals surface area contributed by atoms with Crippen LogP contribution in [0.15, 0.2) is 30.3 Å². The fourth-order valence-electron chi connectivity index (χ4n) is 3.16. The number of rotatable bonds is 4. The third-order valence-corrected chi connectivity index (χ3v) is 4.47. The van der Waals surface area contributed by atoms with Crippen LogP contribution < -0.4 is 5.32 Å². The molecule has 0 aliphatic carbocycles. The minimum absolute atomic E-state index is 0.189. The summed E-state index contributed by atoms with van der Waals surface area (Å²) >= 11 is 6.32. The molecule has 0 bridgehead atoms. The van der Waals surface area contributed by atoms with Crippen molar-refractivity contribution in [2.45, 2.75) is 40.7 Å². The molecule has 2 rings (SSSR count). The van der Waals surface area contributed by atoms with Crippen molar-refractivity contribution >= 4 is 11.6 Å². The van der Waals surface area contributed by atoms with Crippen molar-refractivity contribution in [1.82, 2.24) is 5.32 Å². The maximum atomic E-state index is 6.32. The minimum Gasteiger partial charge on any atom is -0.307 e. The molecular formula is C19H24ClN. The lowest BCUT2D eigenvalue weighted by molar-refractivity contribution is 0.621. The average molecular weight is 302 g/mol. The molecule has 0 fully saturated rings. The summed E-state index contributed by atoms with van der Waals surface area (Å²) in [6, 6.07) is 10.9. The molecule has 0 radical (unpaired) electrons. The van der Waals surface area contributed by atoms with Gasteiger partial charge in [-0.15, -0.1) is 0 Å². The topological polar surface area (TPSA) is 12.0 Å². The van der Waals surface area contributed by atoms with Crippen molar-refractivity contribution in [2.75, 3.05) is 6.54 Å². The summed E-state index contributed by atoms with van der Waals surface area (Å²) in [6.07, 6.45) is 0. The molecule has 0 saturated heterocycles. The second-order valence-electron chi connectivity index (χ2n) is 5.76. The number of hydrogen-bond donors (Lipinski definition) is 1.